The highest BCUT2D eigenvalue weighted by Gasteiger charge is 2.35. The maximum atomic E-state index is 12.0. The Morgan fingerprint density at radius 2 is 2.03 bits per heavy atom. The van der Waals surface area contributed by atoms with Crippen LogP contribution in [0.15, 0.2) is 53.6 Å². The molecule has 0 saturated heterocycles. The van der Waals surface area contributed by atoms with Crippen LogP contribution in [0.1, 0.15) is 41.5 Å². The van der Waals surface area contributed by atoms with Crippen molar-refractivity contribution in [3.8, 4) is 11.6 Å². The highest BCUT2D eigenvalue weighted by molar-refractivity contribution is 8.22. The minimum Gasteiger partial charge on any atom is -0.494 e. The van der Waals surface area contributed by atoms with Crippen LogP contribution in [0.25, 0.3) is 11.0 Å². The number of pyridine rings is 1. The molecule has 39 heavy (non-hydrogen) atoms. The number of aromatic nitrogens is 4. The highest BCUT2D eigenvalue weighted by atomic mass is 32.3. The van der Waals surface area contributed by atoms with Gasteiger partial charge in [-0.05, 0) is 60.4 Å². The Morgan fingerprint density at radius 1 is 1.23 bits per heavy atom. The van der Waals surface area contributed by atoms with E-state index in [1.807, 2.05) is 44.2 Å². The first-order valence-electron chi connectivity index (χ1n) is 12.4. The summed E-state index contributed by atoms with van der Waals surface area (Å²) in [6.07, 6.45) is 1.07. The van der Waals surface area contributed by atoms with Crippen molar-refractivity contribution in [1.82, 2.24) is 24.3 Å². The zero-order valence-corrected chi connectivity index (χ0v) is 22.9. The average Bonchev–Trinajstić information content (AvgIpc) is 3.24. The zero-order chi connectivity index (χ0) is 27.9. The molecule has 3 N–H and O–H groups in total. The summed E-state index contributed by atoms with van der Waals surface area (Å²) in [6, 6.07) is 12.7. The van der Waals surface area contributed by atoms with Gasteiger partial charge in [0.2, 0.25) is 5.88 Å². The molecule has 5 rings (SSSR count). The van der Waals surface area contributed by atoms with E-state index in [1.54, 1.807) is 41.5 Å². The second-order valence-electron chi connectivity index (χ2n) is 9.72. The van der Waals surface area contributed by atoms with Gasteiger partial charge in [0.15, 0.2) is 0 Å². The van der Waals surface area contributed by atoms with Crippen molar-refractivity contribution < 1.29 is 28.5 Å². The van der Waals surface area contributed by atoms with E-state index in [1.165, 1.54) is 0 Å². The molecule has 2 aromatic carbocycles. The van der Waals surface area contributed by atoms with Crippen LogP contribution < -0.4 is 9.47 Å². The largest absolute Gasteiger partial charge is 0.494 e. The van der Waals surface area contributed by atoms with E-state index in [0.29, 0.717) is 11.3 Å². The summed E-state index contributed by atoms with van der Waals surface area (Å²) >= 11 is 0. The number of carboxylic acid groups (broad SMARTS) is 1. The van der Waals surface area contributed by atoms with Crippen LogP contribution >= 0.6 is 10.8 Å². The van der Waals surface area contributed by atoms with Gasteiger partial charge >= 0.3 is 5.97 Å². The smallest absolute Gasteiger partial charge is 0.304 e. The Balaban J connectivity index is 1.55. The van der Waals surface area contributed by atoms with Crippen molar-refractivity contribution in [3.63, 3.8) is 0 Å². The van der Waals surface area contributed by atoms with Gasteiger partial charge in [0.25, 0.3) is 0 Å². The summed E-state index contributed by atoms with van der Waals surface area (Å²) in [4.78, 5) is 16.4. The number of nitrogens with zero attached hydrogens (tertiary/aromatic N) is 5. The van der Waals surface area contributed by atoms with Crippen molar-refractivity contribution in [1.29, 1.82) is 0 Å². The summed E-state index contributed by atoms with van der Waals surface area (Å²) in [5.74, 6) is -0.679. The summed E-state index contributed by atoms with van der Waals surface area (Å²) in [5.41, 5.74) is 4.62. The van der Waals surface area contributed by atoms with E-state index in [9.17, 15) is 19.0 Å². The Hall–Kier alpha value is -3.71. The molecule has 206 valence electrons. The molecule has 0 aliphatic carbocycles. The highest BCUT2D eigenvalue weighted by Crippen LogP contribution is 2.56. The lowest BCUT2D eigenvalue weighted by molar-refractivity contribution is -0.137. The summed E-state index contributed by atoms with van der Waals surface area (Å²) < 4.78 is 37.3. The number of hydrogen-bond donors (Lipinski definition) is 3. The number of carbonyl (C=O) groups is 1. The van der Waals surface area contributed by atoms with Crippen LogP contribution in [0.5, 0.6) is 11.6 Å². The number of fused-ring (bicyclic) bond motifs is 2. The lowest BCUT2D eigenvalue weighted by atomic mass is 9.86. The predicted molar refractivity (Wildman–Crippen MR) is 146 cm³/mol. The molecule has 2 atom stereocenters. The number of hydrogen-bond acceptors (Lipinski definition) is 9. The summed E-state index contributed by atoms with van der Waals surface area (Å²) in [5, 5.41) is 18.1. The quantitative estimate of drug-likeness (QED) is 0.297. The molecular formula is C27H31N5O6S. The molecule has 0 radical (unpaired) electrons. The first-order valence-corrected chi connectivity index (χ1v) is 13.9. The van der Waals surface area contributed by atoms with E-state index in [-0.39, 0.29) is 36.4 Å². The van der Waals surface area contributed by atoms with Crippen molar-refractivity contribution in [3.05, 3.63) is 70.9 Å². The van der Waals surface area contributed by atoms with Gasteiger partial charge in [-0.3, -0.25) is 13.9 Å². The minimum absolute atomic E-state index is 0.153. The van der Waals surface area contributed by atoms with E-state index in [2.05, 4.69) is 15.3 Å². The van der Waals surface area contributed by atoms with Crippen LogP contribution in [-0.4, -0.2) is 64.2 Å². The maximum absolute atomic E-state index is 12.0. The SMILES string of the molecule is COc1cc(C(CC(=O)O)c2ccc(C)c(CN3CC(C)Oc4ncccc4S3(O)O)c2)cc2nnn(C)c12. The fraction of sp³-hybridized carbons (Fsp3) is 0.333. The molecule has 1 aliphatic rings. The molecule has 2 unspecified atom stereocenters. The van der Waals surface area contributed by atoms with Gasteiger partial charge in [-0.25, -0.2) is 9.67 Å². The number of aliphatic carboxylic acids is 1. The van der Waals surface area contributed by atoms with Crippen LogP contribution in [0.2, 0.25) is 0 Å². The average molecular weight is 554 g/mol. The van der Waals surface area contributed by atoms with E-state index < -0.39 is 22.7 Å². The van der Waals surface area contributed by atoms with Gasteiger partial charge < -0.3 is 14.6 Å². The third-order valence-corrected chi connectivity index (χ3v) is 8.87. The molecule has 0 fully saturated rings. The first-order chi connectivity index (χ1) is 18.6. The van der Waals surface area contributed by atoms with Gasteiger partial charge in [-0.2, -0.15) is 4.31 Å². The Morgan fingerprint density at radius 3 is 2.77 bits per heavy atom. The fourth-order valence-corrected chi connectivity index (χ4v) is 6.60. The van der Waals surface area contributed by atoms with Gasteiger partial charge in [0.1, 0.15) is 27.8 Å². The van der Waals surface area contributed by atoms with Gasteiger partial charge in [0, 0.05) is 25.7 Å². The van der Waals surface area contributed by atoms with Crippen molar-refractivity contribution in [2.45, 2.75) is 43.7 Å². The maximum Gasteiger partial charge on any atom is 0.304 e. The minimum atomic E-state index is -3.38. The Kier molecular flexibility index (Phi) is 7.21. The molecule has 0 amide bonds. The molecule has 3 heterocycles. The number of carboxylic acids is 1. The molecule has 4 aromatic rings. The molecule has 1 aliphatic heterocycles. The molecule has 11 nitrogen and oxygen atoms in total. The van der Waals surface area contributed by atoms with E-state index >= 15 is 0 Å². The number of aryl methyl sites for hydroxylation is 2. The van der Waals surface area contributed by atoms with Gasteiger partial charge in [-0.1, -0.05) is 23.4 Å². The van der Waals surface area contributed by atoms with Gasteiger partial charge in [0.05, 0.1) is 20.1 Å². The van der Waals surface area contributed by atoms with Crippen LogP contribution in [0.4, 0.5) is 0 Å². The van der Waals surface area contributed by atoms with Crippen molar-refractivity contribution in [2.75, 3.05) is 13.7 Å². The van der Waals surface area contributed by atoms with Crippen LogP contribution in [0, 0.1) is 6.92 Å². The molecular weight excluding hydrogens is 522 g/mol. The zero-order valence-electron chi connectivity index (χ0n) is 22.1. The van der Waals surface area contributed by atoms with Gasteiger partial charge in [-0.15, -0.1) is 15.9 Å². The topological polar surface area (TPSA) is 143 Å². The van der Waals surface area contributed by atoms with E-state index in [4.69, 9.17) is 9.47 Å². The molecule has 0 bridgehead atoms. The molecule has 2 aromatic heterocycles. The Labute approximate surface area is 227 Å². The lowest BCUT2D eigenvalue weighted by Gasteiger charge is -2.41. The normalized spacial score (nSPS) is 18.6. The summed E-state index contributed by atoms with van der Waals surface area (Å²) in [6.45, 7) is 4.28. The summed E-state index contributed by atoms with van der Waals surface area (Å²) in [7, 11) is -0.0597. The third-order valence-electron chi connectivity index (χ3n) is 6.98. The second kappa shape index (κ2) is 10.5. The van der Waals surface area contributed by atoms with Crippen LogP contribution in [-0.2, 0) is 18.4 Å². The van der Waals surface area contributed by atoms with Crippen molar-refractivity contribution >= 4 is 27.8 Å². The number of benzene rings is 2. The Bertz CT molecular complexity index is 1540. The molecule has 0 spiro atoms. The van der Waals surface area contributed by atoms with Crippen LogP contribution in [0.3, 0.4) is 0 Å². The second-order valence-corrected chi connectivity index (χ2v) is 11.7. The predicted octanol–water partition coefficient (Wildman–Crippen LogP) is 4.59. The lowest BCUT2D eigenvalue weighted by Crippen LogP contribution is -2.33. The molecule has 12 heteroatoms. The van der Waals surface area contributed by atoms with Crippen molar-refractivity contribution in [2.24, 2.45) is 7.05 Å². The first kappa shape index (κ1) is 26.9. The standard InChI is InChI=1S/C27H31N5O6S/c1-16-7-8-18(21(13-25(33)34)19-11-22-26(23(12-19)37-4)31(3)30-29-22)10-20(16)15-32-14-17(2)38-27-24(39(32,35)36)6-5-9-28-27/h5-12,17,21,35-36H,13-15H2,1-4H3,(H,33,34). The number of ether oxygens (including phenoxy) is 2. The fourth-order valence-electron chi connectivity index (χ4n) is 4.99. The number of rotatable bonds is 7. The third kappa shape index (κ3) is 5.15. The molecule has 0 saturated carbocycles. The van der Waals surface area contributed by atoms with E-state index in [0.717, 1.165) is 27.8 Å². The number of methoxy groups -OCH3 is 1. The monoisotopic (exact) mass is 553 g/mol.